The summed E-state index contributed by atoms with van der Waals surface area (Å²) in [6.45, 7) is 2.47. The van der Waals surface area contributed by atoms with Crippen LogP contribution in [0, 0.1) is 5.82 Å². The van der Waals surface area contributed by atoms with Gasteiger partial charge in [-0.25, -0.2) is 4.39 Å². The van der Waals surface area contributed by atoms with E-state index in [1.807, 2.05) is 18.7 Å². The number of nitrogens with zero attached hydrogens (tertiary/aromatic N) is 1. The van der Waals surface area contributed by atoms with Gasteiger partial charge < -0.3 is 15.4 Å². The molecule has 0 amide bonds. The van der Waals surface area contributed by atoms with Crippen molar-refractivity contribution < 1.29 is 9.13 Å². The first kappa shape index (κ1) is 20.3. The average Bonchev–Trinajstić information content (AvgIpc) is 2.54. The Morgan fingerprint density at radius 3 is 2.91 bits per heavy atom. The molecule has 7 heteroatoms. The fourth-order valence-electron chi connectivity index (χ4n) is 2.28. The van der Waals surface area contributed by atoms with Crippen molar-refractivity contribution in [3.8, 4) is 5.75 Å². The van der Waals surface area contributed by atoms with Crippen LogP contribution in [-0.4, -0.2) is 43.2 Å². The molecule has 1 heterocycles. The smallest absolute Gasteiger partial charge is 0.191 e. The third kappa shape index (κ3) is 7.15. The first-order valence-corrected chi connectivity index (χ1v) is 8.80. The zero-order valence-corrected chi connectivity index (χ0v) is 16.7. The molecule has 1 fully saturated rings. The van der Waals surface area contributed by atoms with Crippen molar-refractivity contribution in [2.45, 2.75) is 31.9 Å². The molecule has 0 aliphatic carbocycles. The van der Waals surface area contributed by atoms with Gasteiger partial charge in [0.15, 0.2) is 17.5 Å². The fourth-order valence-corrected chi connectivity index (χ4v) is 3.35. The molecule has 1 aliphatic heterocycles. The summed E-state index contributed by atoms with van der Waals surface area (Å²) in [4.78, 5) is 4.23. The van der Waals surface area contributed by atoms with Gasteiger partial charge in [0.2, 0.25) is 0 Å². The van der Waals surface area contributed by atoms with E-state index in [9.17, 15) is 4.39 Å². The molecular formula is C16H25FIN3OS. The van der Waals surface area contributed by atoms with Gasteiger partial charge in [0.25, 0.3) is 0 Å². The van der Waals surface area contributed by atoms with Gasteiger partial charge in [0, 0.05) is 18.8 Å². The summed E-state index contributed by atoms with van der Waals surface area (Å²) in [5, 5.41) is 6.66. The van der Waals surface area contributed by atoms with Crippen molar-refractivity contribution in [2.75, 3.05) is 25.1 Å². The number of halogens is 2. The van der Waals surface area contributed by atoms with Crippen molar-refractivity contribution in [1.82, 2.24) is 10.6 Å². The van der Waals surface area contributed by atoms with Crippen molar-refractivity contribution >= 4 is 41.7 Å². The molecule has 2 atom stereocenters. The van der Waals surface area contributed by atoms with Gasteiger partial charge in [0.05, 0.1) is 6.54 Å². The van der Waals surface area contributed by atoms with Crippen molar-refractivity contribution in [1.29, 1.82) is 0 Å². The summed E-state index contributed by atoms with van der Waals surface area (Å²) in [5.41, 5.74) is 0. The number of guanidine groups is 1. The van der Waals surface area contributed by atoms with Crippen LogP contribution in [0.15, 0.2) is 29.3 Å². The van der Waals surface area contributed by atoms with E-state index < -0.39 is 0 Å². The quantitative estimate of drug-likeness (QED) is 0.408. The third-order valence-corrected chi connectivity index (χ3v) is 4.66. The molecular weight excluding hydrogens is 428 g/mol. The van der Waals surface area contributed by atoms with E-state index in [1.165, 1.54) is 24.7 Å². The molecule has 1 aromatic carbocycles. The molecule has 0 saturated carbocycles. The molecule has 0 aromatic heterocycles. The first-order chi connectivity index (χ1) is 10.7. The highest BCUT2D eigenvalue weighted by atomic mass is 127. The number of hydrogen-bond acceptors (Lipinski definition) is 3. The van der Waals surface area contributed by atoms with Gasteiger partial charge in [-0.05, 0) is 37.7 Å². The van der Waals surface area contributed by atoms with E-state index >= 15 is 0 Å². The van der Waals surface area contributed by atoms with Crippen LogP contribution in [0.4, 0.5) is 4.39 Å². The SMILES string of the molecule is CN=C(NCC(C)Oc1ccccc1F)NC1CCCSC1.I. The Morgan fingerprint density at radius 2 is 2.26 bits per heavy atom. The van der Waals surface area contributed by atoms with E-state index in [0.29, 0.717) is 12.6 Å². The van der Waals surface area contributed by atoms with Crippen LogP contribution in [-0.2, 0) is 0 Å². The molecule has 1 aliphatic rings. The second-order valence-corrected chi connectivity index (χ2v) is 6.52. The first-order valence-electron chi connectivity index (χ1n) is 7.65. The monoisotopic (exact) mass is 453 g/mol. The average molecular weight is 453 g/mol. The minimum atomic E-state index is -0.337. The van der Waals surface area contributed by atoms with E-state index in [-0.39, 0.29) is 41.6 Å². The number of thioether (sulfide) groups is 1. The molecule has 2 rings (SSSR count). The van der Waals surface area contributed by atoms with Crippen molar-refractivity contribution in [3.05, 3.63) is 30.1 Å². The van der Waals surface area contributed by atoms with Crippen LogP contribution >= 0.6 is 35.7 Å². The minimum Gasteiger partial charge on any atom is -0.486 e. The second kappa shape index (κ2) is 11.0. The lowest BCUT2D eigenvalue weighted by molar-refractivity contribution is 0.214. The predicted molar refractivity (Wildman–Crippen MR) is 107 cm³/mol. The lowest BCUT2D eigenvalue weighted by Crippen LogP contribution is -2.47. The van der Waals surface area contributed by atoms with Crippen molar-refractivity contribution in [2.24, 2.45) is 4.99 Å². The van der Waals surface area contributed by atoms with E-state index in [1.54, 1.807) is 25.2 Å². The zero-order valence-electron chi connectivity index (χ0n) is 13.5. The lowest BCUT2D eigenvalue weighted by Gasteiger charge is -2.25. The van der Waals surface area contributed by atoms with Crippen LogP contribution in [0.5, 0.6) is 5.75 Å². The molecule has 4 nitrogen and oxygen atoms in total. The zero-order chi connectivity index (χ0) is 15.8. The molecule has 0 bridgehead atoms. The van der Waals surface area contributed by atoms with Gasteiger partial charge in [0.1, 0.15) is 6.10 Å². The van der Waals surface area contributed by atoms with Crippen LogP contribution in [0.3, 0.4) is 0 Å². The number of ether oxygens (including phenoxy) is 1. The molecule has 2 unspecified atom stereocenters. The Hall–Kier alpha value is -0.700. The second-order valence-electron chi connectivity index (χ2n) is 5.37. The van der Waals surface area contributed by atoms with Gasteiger partial charge in [-0.2, -0.15) is 11.8 Å². The number of rotatable bonds is 5. The Balaban J connectivity index is 0.00000264. The molecule has 130 valence electrons. The Morgan fingerprint density at radius 1 is 1.48 bits per heavy atom. The van der Waals surface area contributed by atoms with Crippen LogP contribution in [0.2, 0.25) is 0 Å². The molecule has 0 spiro atoms. The van der Waals surface area contributed by atoms with Gasteiger partial charge in [-0.3, -0.25) is 4.99 Å². The van der Waals surface area contributed by atoms with E-state index in [2.05, 4.69) is 15.6 Å². The van der Waals surface area contributed by atoms with Gasteiger partial charge >= 0.3 is 0 Å². The van der Waals surface area contributed by atoms with Crippen LogP contribution < -0.4 is 15.4 Å². The Labute approximate surface area is 159 Å². The largest absolute Gasteiger partial charge is 0.486 e. The van der Waals surface area contributed by atoms with Crippen LogP contribution in [0.25, 0.3) is 0 Å². The summed E-state index contributed by atoms with van der Waals surface area (Å²) in [5.74, 6) is 3.08. The maximum absolute atomic E-state index is 13.5. The molecule has 1 saturated heterocycles. The summed E-state index contributed by atoms with van der Waals surface area (Å²) >= 11 is 1.97. The number of aliphatic imine (C=N–C) groups is 1. The van der Waals surface area contributed by atoms with Crippen molar-refractivity contribution in [3.63, 3.8) is 0 Å². The Bertz CT molecular complexity index is 498. The lowest BCUT2D eigenvalue weighted by atomic mass is 10.2. The summed E-state index contributed by atoms with van der Waals surface area (Å²) in [6.07, 6.45) is 2.26. The summed E-state index contributed by atoms with van der Waals surface area (Å²) in [6, 6.07) is 6.92. The number of hydrogen-bond donors (Lipinski definition) is 2. The topological polar surface area (TPSA) is 45.7 Å². The maximum Gasteiger partial charge on any atom is 0.191 e. The molecule has 1 aromatic rings. The summed E-state index contributed by atoms with van der Waals surface area (Å²) in [7, 11) is 1.76. The van der Waals surface area contributed by atoms with Gasteiger partial charge in [-0.15, -0.1) is 24.0 Å². The predicted octanol–water partition coefficient (Wildman–Crippen LogP) is 3.27. The molecule has 0 radical (unpaired) electrons. The highest BCUT2D eigenvalue weighted by Crippen LogP contribution is 2.17. The normalized spacial score (nSPS) is 19.4. The van der Waals surface area contributed by atoms with Crippen LogP contribution in [0.1, 0.15) is 19.8 Å². The fraction of sp³-hybridized carbons (Fsp3) is 0.562. The highest BCUT2D eigenvalue weighted by molar-refractivity contribution is 14.0. The summed E-state index contributed by atoms with van der Waals surface area (Å²) < 4.78 is 19.1. The highest BCUT2D eigenvalue weighted by Gasteiger charge is 2.15. The molecule has 2 N–H and O–H groups in total. The number of para-hydroxylation sites is 1. The third-order valence-electron chi connectivity index (χ3n) is 3.45. The minimum absolute atomic E-state index is 0. The molecule has 23 heavy (non-hydrogen) atoms. The van der Waals surface area contributed by atoms with E-state index in [0.717, 1.165) is 11.7 Å². The maximum atomic E-state index is 13.5. The standard InChI is InChI=1S/C16H24FN3OS.HI/c1-12(21-15-8-4-3-7-14(15)17)10-19-16(18-2)20-13-6-5-9-22-11-13;/h3-4,7-8,12-13H,5-6,9-11H2,1-2H3,(H2,18,19,20);1H. The number of nitrogens with one attached hydrogen (secondary N) is 2. The van der Waals surface area contributed by atoms with Gasteiger partial charge in [-0.1, -0.05) is 12.1 Å². The Kier molecular flexibility index (Phi) is 9.69. The number of benzene rings is 1. The van der Waals surface area contributed by atoms with E-state index in [4.69, 9.17) is 4.74 Å².